The number of para-hydroxylation sites is 1. The van der Waals surface area contributed by atoms with E-state index in [1.54, 1.807) is 0 Å². The maximum Gasteiger partial charge on any atom is 0.171 e. The van der Waals surface area contributed by atoms with Crippen LogP contribution in [0.15, 0.2) is 42.6 Å². The second-order valence-electron chi connectivity index (χ2n) is 5.77. The Morgan fingerprint density at radius 2 is 1.86 bits per heavy atom. The molecule has 1 aromatic heterocycles. The van der Waals surface area contributed by atoms with Crippen LogP contribution in [0.25, 0.3) is 0 Å². The van der Waals surface area contributed by atoms with Crippen LogP contribution in [0.3, 0.4) is 0 Å². The number of aryl methyl sites for hydroxylation is 1. The molecule has 2 aromatic rings. The molecule has 3 rings (SSSR count). The molecule has 2 heterocycles. The van der Waals surface area contributed by atoms with E-state index in [4.69, 9.17) is 5.73 Å². The number of nitrogens with zero attached hydrogens (tertiary/aromatic N) is 3. The molecule has 4 nitrogen and oxygen atoms in total. The number of hydrogen-bond acceptors (Lipinski definition) is 4. The van der Waals surface area contributed by atoms with Crippen molar-refractivity contribution in [3.8, 4) is 0 Å². The Bertz CT molecular complexity index is 606. The normalized spacial score (nSPS) is 15.1. The van der Waals surface area contributed by atoms with Gasteiger partial charge in [-0.2, -0.15) is 0 Å². The van der Waals surface area contributed by atoms with Gasteiger partial charge in [0.1, 0.15) is 0 Å². The topological polar surface area (TPSA) is 45.4 Å². The van der Waals surface area contributed by atoms with Crippen LogP contribution < -0.4 is 10.7 Å². The first kappa shape index (κ1) is 14.9. The van der Waals surface area contributed by atoms with Crippen LogP contribution in [0.4, 0.5) is 17.2 Å². The van der Waals surface area contributed by atoms with E-state index in [0.29, 0.717) is 0 Å². The quantitative estimate of drug-likeness (QED) is 0.912. The van der Waals surface area contributed by atoms with Crippen molar-refractivity contribution in [2.45, 2.75) is 32.6 Å². The van der Waals surface area contributed by atoms with Crippen LogP contribution in [-0.2, 0) is 6.42 Å². The first-order chi connectivity index (χ1) is 10.8. The van der Waals surface area contributed by atoms with Crippen LogP contribution in [-0.4, -0.2) is 23.1 Å². The van der Waals surface area contributed by atoms with Crippen molar-refractivity contribution in [3.05, 3.63) is 48.2 Å². The molecule has 1 saturated heterocycles. The molecular weight excluding hydrogens is 272 g/mol. The Morgan fingerprint density at radius 1 is 1.14 bits per heavy atom. The average Bonchev–Trinajstić information content (AvgIpc) is 3.06. The number of rotatable bonds is 5. The van der Waals surface area contributed by atoms with Crippen LogP contribution in [0, 0.1) is 0 Å². The van der Waals surface area contributed by atoms with E-state index < -0.39 is 0 Å². The van der Waals surface area contributed by atoms with Gasteiger partial charge < -0.3 is 5.73 Å². The Hall–Kier alpha value is -2.07. The van der Waals surface area contributed by atoms with E-state index in [1.807, 2.05) is 18.3 Å². The van der Waals surface area contributed by atoms with Gasteiger partial charge >= 0.3 is 0 Å². The average molecular weight is 296 g/mol. The Balaban J connectivity index is 2.04. The molecule has 0 spiro atoms. The predicted molar refractivity (Wildman–Crippen MR) is 92.0 cm³/mol. The number of hydrazine groups is 1. The molecule has 22 heavy (non-hydrogen) atoms. The van der Waals surface area contributed by atoms with E-state index in [9.17, 15) is 0 Å². The fourth-order valence-electron chi connectivity index (χ4n) is 3.05. The Morgan fingerprint density at radius 3 is 2.55 bits per heavy atom. The van der Waals surface area contributed by atoms with Crippen molar-refractivity contribution in [1.82, 2.24) is 9.99 Å². The molecule has 0 bridgehead atoms. The zero-order valence-electron chi connectivity index (χ0n) is 13.2. The summed E-state index contributed by atoms with van der Waals surface area (Å²) >= 11 is 0. The molecule has 0 unspecified atom stereocenters. The fourth-order valence-corrected chi connectivity index (χ4v) is 3.05. The van der Waals surface area contributed by atoms with Crippen molar-refractivity contribution in [2.24, 2.45) is 0 Å². The highest BCUT2D eigenvalue weighted by atomic mass is 15.6. The summed E-state index contributed by atoms with van der Waals surface area (Å²) in [6.07, 6.45) is 6.39. The molecule has 116 valence electrons. The highest BCUT2D eigenvalue weighted by Crippen LogP contribution is 2.33. The highest BCUT2D eigenvalue weighted by molar-refractivity contribution is 5.72. The number of pyridine rings is 1. The third-order valence-electron chi connectivity index (χ3n) is 4.15. The van der Waals surface area contributed by atoms with Crippen LogP contribution in [0.1, 0.15) is 31.7 Å². The van der Waals surface area contributed by atoms with Gasteiger partial charge in [0.25, 0.3) is 0 Å². The summed E-state index contributed by atoms with van der Waals surface area (Å²) in [6, 6.07) is 12.4. The van der Waals surface area contributed by atoms with Gasteiger partial charge in [-0.05, 0) is 43.0 Å². The molecule has 4 heteroatoms. The predicted octanol–water partition coefficient (Wildman–Crippen LogP) is 3.77. The summed E-state index contributed by atoms with van der Waals surface area (Å²) in [6.45, 7) is 4.27. The minimum absolute atomic E-state index is 0.806. The molecule has 0 radical (unpaired) electrons. The molecule has 0 aliphatic carbocycles. The molecular formula is C18H24N4. The lowest BCUT2D eigenvalue weighted by Crippen LogP contribution is -2.38. The minimum Gasteiger partial charge on any atom is -0.395 e. The molecule has 0 saturated carbocycles. The zero-order valence-corrected chi connectivity index (χ0v) is 13.2. The van der Waals surface area contributed by atoms with Gasteiger partial charge in [-0.15, -0.1) is 0 Å². The standard InChI is InChI=1S/C18H24N4/c1-2-8-15-11-12-20-18(17(15)19)22(21-13-6-7-14-21)16-9-4-3-5-10-16/h3-5,9-12H,2,6-8,13-14,19H2,1H3. The summed E-state index contributed by atoms with van der Waals surface area (Å²) in [5.41, 5.74) is 9.56. The molecule has 1 aliphatic rings. The molecule has 2 N–H and O–H groups in total. The van der Waals surface area contributed by atoms with E-state index in [-0.39, 0.29) is 0 Å². The van der Waals surface area contributed by atoms with E-state index in [2.05, 4.69) is 46.2 Å². The van der Waals surface area contributed by atoms with Gasteiger partial charge in [0.15, 0.2) is 5.82 Å². The smallest absolute Gasteiger partial charge is 0.171 e. The SMILES string of the molecule is CCCc1ccnc(N(c2ccccc2)N2CCCC2)c1N. The fraction of sp³-hybridized carbons (Fsp3) is 0.389. The van der Waals surface area contributed by atoms with Crippen molar-refractivity contribution in [2.75, 3.05) is 23.8 Å². The van der Waals surface area contributed by atoms with E-state index in [0.717, 1.165) is 43.1 Å². The van der Waals surface area contributed by atoms with Crippen molar-refractivity contribution < 1.29 is 0 Å². The number of nitrogens with two attached hydrogens (primary N) is 1. The lowest BCUT2D eigenvalue weighted by molar-refractivity contribution is 0.343. The van der Waals surface area contributed by atoms with Gasteiger partial charge in [0.2, 0.25) is 0 Å². The third-order valence-corrected chi connectivity index (χ3v) is 4.15. The van der Waals surface area contributed by atoms with Crippen LogP contribution >= 0.6 is 0 Å². The van der Waals surface area contributed by atoms with Gasteiger partial charge in [-0.1, -0.05) is 31.5 Å². The second-order valence-corrected chi connectivity index (χ2v) is 5.77. The van der Waals surface area contributed by atoms with E-state index in [1.165, 1.54) is 18.4 Å². The number of benzene rings is 1. The third kappa shape index (κ3) is 2.92. The monoisotopic (exact) mass is 296 g/mol. The molecule has 1 aliphatic heterocycles. The number of nitrogen functional groups attached to an aromatic ring is 1. The zero-order chi connectivity index (χ0) is 15.4. The Labute approximate surface area is 132 Å². The van der Waals surface area contributed by atoms with Gasteiger partial charge in [-0.3, -0.25) is 5.01 Å². The first-order valence-corrected chi connectivity index (χ1v) is 8.14. The van der Waals surface area contributed by atoms with Crippen molar-refractivity contribution in [3.63, 3.8) is 0 Å². The number of anilines is 3. The summed E-state index contributed by atoms with van der Waals surface area (Å²) in [7, 11) is 0. The minimum atomic E-state index is 0.806. The molecule has 1 fully saturated rings. The van der Waals surface area contributed by atoms with Gasteiger partial charge in [0, 0.05) is 19.3 Å². The lowest BCUT2D eigenvalue weighted by Gasteiger charge is -2.33. The van der Waals surface area contributed by atoms with Gasteiger partial charge in [0.05, 0.1) is 11.4 Å². The first-order valence-electron chi connectivity index (χ1n) is 8.14. The Kier molecular flexibility index (Phi) is 4.59. The number of hydrogen-bond donors (Lipinski definition) is 1. The van der Waals surface area contributed by atoms with E-state index >= 15 is 0 Å². The molecule has 0 atom stereocenters. The lowest BCUT2D eigenvalue weighted by atomic mass is 10.1. The maximum atomic E-state index is 6.44. The highest BCUT2D eigenvalue weighted by Gasteiger charge is 2.24. The van der Waals surface area contributed by atoms with Crippen LogP contribution in [0.5, 0.6) is 0 Å². The summed E-state index contributed by atoms with van der Waals surface area (Å²) in [5, 5.41) is 4.55. The second kappa shape index (κ2) is 6.79. The summed E-state index contributed by atoms with van der Waals surface area (Å²) in [4.78, 5) is 4.60. The molecule has 1 aromatic carbocycles. The van der Waals surface area contributed by atoms with Crippen molar-refractivity contribution >= 4 is 17.2 Å². The molecule has 0 amide bonds. The summed E-state index contributed by atoms with van der Waals surface area (Å²) in [5.74, 6) is 0.860. The van der Waals surface area contributed by atoms with Crippen LogP contribution in [0.2, 0.25) is 0 Å². The maximum absolute atomic E-state index is 6.44. The van der Waals surface area contributed by atoms with Gasteiger partial charge in [-0.25, -0.2) is 9.99 Å². The largest absolute Gasteiger partial charge is 0.395 e. The summed E-state index contributed by atoms with van der Waals surface area (Å²) < 4.78 is 0. The number of aromatic nitrogens is 1. The van der Waals surface area contributed by atoms with Crippen molar-refractivity contribution in [1.29, 1.82) is 0 Å².